The van der Waals surface area contributed by atoms with Gasteiger partial charge in [0.05, 0.1) is 22.9 Å². The van der Waals surface area contributed by atoms with Crippen LogP contribution in [0, 0.1) is 11.3 Å². The molecule has 0 bridgehead atoms. The number of nitrogens with zero attached hydrogens (tertiary/aromatic N) is 2. The van der Waals surface area contributed by atoms with E-state index in [-0.39, 0.29) is 5.56 Å². The second kappa shape index (κ2) is 5.76. The van der Waals surface area contributed by atoms with Gasteiger partial charge in [0.1, 0.15) is 0 Å². The van der Waals surface area contributed by atoms with Gasteiger partial charge in [0.15, 0.2) is 0 Å². The first-order chi connectivity index (χ1) is 9.52. The summed E-state index contributed by atoms with van der Waals surface area (Å²) < 4.78 is 0.807. The van der Waals surface area contributed by atoms with Crippen LogP contribution in [0.3, 0.4) is 0 Å². The van der Waals surface area contributed by atoms with Crippen LogP contribution in [-0.4, -0.2) is 18.1 Å². The van der Waals surface area contributed by atoms with Crippen LogP contribution in [0.25, 0.3) is 0 Å². The average Bonchev–Trinajstić information content (AvgIpc) is 2.46. The number of carboxylic acids is 1. The minimum atomic E-state index is -0.946. The molecule has 0 saturated heterocycles. The van der Waals surface area contributed by atoms with E-state index in [2.05, 4.69) is 22.0 Å². The Morgan fingerprint density at radius 3 is 2.40 bits per heavy atom. The van der Waals surface area contributed by atoms with Crippen LogP contribution in [0.1, 0.15) is 15.9 Å². The second-order valence-corrected chi connectivity index (χ2v) is 5.04. The Hall–Kier alpha value is -2.32. The average molecular weight is 331 g/mol. The molecule has 0 unspecified atom stereocenters. The molecule has 0 aromatic heterocycles. The van der Waals surface area contributed by atoms with Crippen molar-refractivity contribution in [2.45, 2.75) is 0 Å². The lowest BCUT2D eigenvalue weighted by atomic mass is 10.1. The number of hydrogen-bond acceptors (Lipinski definition) is 3. The summed E-state index contributed by atoms with van der Waals surface area (Å²) in [6, 6.07) is 14.0. The lowest BCUT2D eigenvalue weighted by Crippen LogP contribution is -2.10. The maximum atomic E-state index is 10.8. The standard InChI is InChI=1S/C15H11BrN2O2/c1-18(12-5-3-11(4-6-12)15(19)20)14-7-2-10(9-17)8-13(14)16/h2-8H,1H3,(H,19,20). The van der Waals surface area contributed by atoms with E-state index >= 15 is 0 Å². The lowest BCUT2D eigenvalue weighted by molar-refractivity contribution is 0.0697. The molecule has 0 spiro atoms. The smallest absolute Gasteiger partial charge is 0.335 e. The van der Waals surface area contributed by atoms with Crippen LogP contribution in [0.2, 0.25) is 0 Å². The predicted octanol–water partition coefficient (Wildman–Crippen LogP) is 3.79. The molecule has 2 aromatic carbocycles. The molecule has 0 aliphatic rings. The summed E-state index contributed by atoms with van der Waals surface area (Å²) in [6.07, 6.45) is 0. The van der Waals surface area contributed by atoms with Crippen molar-refractivity contribution < 1.29 is 9.90 Å². The molecule has 100 valence electrons. The third-order valence-corrected chi connectivity index (χ3v) is 3.57. The number of aromatic carboxylic acids is 1. The Balaban J connectivity index is 2.33. The molecule has 2 rings (SSSR count). The SMILES string of the molecule is CN(c1ccc(C(=O)O)cc1)c1ccc(C#N)cc1Br. The zero-order chi connectivity index (χ0) is 14.7. The third-order valence-electron chi connectivity index (χ3n) is 2.94. The van der Waals surface area contributed by atoms with Gasteiger partial charge in [-0.25, -0.2) is 4.79 Å². The van der Waals surface area contributed by atoms with E-state index in [4.69, 9.17) is 10.4 Å². The second-order valence-electron chi connectivity index (χ2n) is 4.19. The van der Waals surface area contributed by atoms with Gasteiger partial charge in [0.2, 0.25) is 0 Å². The van der Waals surface area contributed by atoms with Gasteiger partial charge >= 0.3 is 5.97 Å². The zero-order valence-electron chi connectivity index (χ0n) is 10.7. The fourth-order valence-electron chi connectivity index (χ4n) is 1.82. The molecule has 2 aromatic rings. The summed E-state index contributed by atoms with van der Waals surface area (Å²) in [7, 11) is 1.88. The van der Waals surface area contributed by atoms with Crippen molar-refractivity contribution in [3.8, 4) is 6.07 Å². The van der Waals surface area contributed by atoms with Crippen molar-refractivity contribution in [2.24, 2.45) is 0 Å². The highest BCUT2D eigenvalue weighted by Crippen LogP contribution is 2.31. The fraction of sp³-hybridized carbons (Fsp3) is 0.0667. The third kappa shape index (κ3) is 2.81. The molecule has 0 atom stereocenters. The van der Waals surface area contributed by atoms with Crippen molar-refractivity contribution >= 4 is 33.3 Å². The summed E-state index contributed by atoms with van der Waals surface area (Å²) >= 11 is 3.44. The number of anilines is 2. The zero-order valence-corrected chi connectivity index (χ0v) is 12.3. The Bertz CT molecular complexity index is 690. The Morgan fingerprint density at radius 1 is 1.25 bits per heavy atom. The Labute approximate surface area is 125 Å². The van der Waals surface area contributed by atoms with Crippen LogP contribution >= 0.6 is 15.9 Å². The van der Waals surface area contributed by atoms with E-state index in [1.165, 1.54) is 0 Å². The summed E-state index contributed by atoms with van der Waals surface area (Å²) in [6.45, 7) is 0. The predicted molar refractivity (Wildman–Crippen MR) is 80.3 cm³/mol. The maximum Gasteiger partial charge on any atom is 0.335 e. The maximum absolute atomic E-state index is 10.8. The summed E-state index contributed by atoms with van der Waals surface area (Å²) in [5.74, 6) is -0.946. The van der Waals surface area contributed by atoms with Crippen LogP contribution in [-0.2, 0) is 0 Å². The van der Waals surface area contributed by atoms with Crippen molar-refractivity contribution in [1.29, 1.82) is 5.26 Å². The molecule has 4 nitrogen and oxygen atoms in total. The van der Waals surface area contributed by atoms with Gasteiger partial charge in [0, 0.05) is 17.2 Å². The molecule has 0 fully saturated rings. The van der Waals surface area contributed by atoms with Gasteiger partial charge in [-0.3, -0.25) is 0 Å². The molecule has 0 aliphatic heterocycles. The molecule has 0 radical (unpaired) electrons. The van der Waals surface area contributed by atoms with Crippen molar-refractivity contribution in [3.05, 3.63) is 58.1 Å². The normalized spacial score (nSPS) is 9.85. The molecule has 0 amide bonds. The molecule has 5 heteroatoms. The quantitative estimate of drug-likeness (QED) is 0.929. The Morgan fingerprint density at radius 2 is 1.90 bits per heavy atom. The van der Waals surface area contributed by atoms with E-state index in [1.54, 1.807) is 36.4 Å². The van der Waals surface area contributed by atoms with Gasteiger partial charge in [0.25, 0.3) is 0 Å². The fourth-order valence-corrected chi connectivity index (χ4v) is 2.46. The monoisotopic (exact) mass is 330 g/mol. The van der Waals surface area contributed by atoms with E-state index in [0.29, 0.717) is 5.56 Å². The van der Waals surface area contributed by atoms with Crippen LogP contribution in [0.4, 0.5) is 11.4 Å². The minimum absolute atomic E-state index is 0.251. The van der Waals surface area contributed by atoms with Gasteiger partial charge < -0.3 is 10.0 Å². The van der Waals surface area contributed by atoms with Crippen molar-refractivity contribution in [1.82, 2.24) is 0 Å². The number of rotatable bonds is 3. The van der Waals surface area contributed by atoms with Gasteiger partial charge in [-0.1, -0.05) is 0 Å². The summed E-state index contributed by atoms with van der Waals surface area (Å²) in [5, 5.41) is 17.7. The highest BCUT2D eigenvalue weighted by molar-refractivity contribution is 9.10. The van der Waals surface area contributed by atoms with Crippen LogP contribution < -0.4 is 4.90 Å². The largest absolute Gasteiger partial charge is 0.478 e. The number of carboxylic acid groups (broad SMARTS) is 1. The lowest BCUT2D eigenvalue weighted by Gasteiger charge is -2.21. The van der Waals surface area contributed by atoms with E-state index in [1.807, 2.05) is 18.0 Å². The molecule has 20 heavy (non-hydrogen) atoms. The first-order valence-corrected chi connectivity index (χ1v) is 6.59. The molecule has 0 aliphatic carbocycles. The van der Waals surface area contributed by atoms with Gasteiger partial charge in [-0.15, -0.1) is 0 Å². The first-order valence-electron chi connectivity index (χ1n) is 5.79. The van der Waals surface area contributed by atoms with Gasteiger partial charge in [-0.05, 0) is 58.4 Å². The topological polar surface area (TPSA) is 64.3 Å². The highest BCUT2D eigenvalue weighted by atomic mass is 79.9. The number of benzene rings is 2. The molecule has 1 N–H and O–H groups in total. The van der Waals surface area contributed by atoms with E-state index < -0.39 is 5.97 Å². The number of carbonyl (C=O) groups is 1. The van der Waals surface area contributed by atoms with E-state index in [0.717, 1.165) is 15.8 Å². The van der Waals surface area contributed by atoms with Gasteiger partial charge in [-0.2, -0.15) is 5.26 Å². The van der Waals surface area contributed by atoms with E-state index in [9.17, 15) is 4.79 Å². The summed E-state index contributed by atoms with van der Waals surface area (Å²) in [5.41, 5.74) is 2.59. The van der Waals surface area contributed by atoms with Crippen LogP contribution in [0.5, 0.6) is 0 Å². The molecule has 0 heterocycles. The number of halogens is 1. The minimum Gasteiger partial charge on any atom is -0.478 e. The molecular formula is C15H11BrN2O2. The molecule has 0 saturated carbocycles. The van der Waals surface area contributed by atoms with Crippen molar-refractivity contribution in [2.75, 3.05) is 11.9 Å². The van der Waals surface area contributed by atoms with Crippen molar-refractivity contribution in [3.63, 3.8) is 0 Å². The first kappa shape index (κ1) is 14.1. The Kier molecular flexibility index (Phi) is 4.06. The highest BCUT2D eigenvalue weighted by Gasteiger charge is 2.10. The number of nitriles is 1. The van der Waals surface area contributed by atoms with Crippen LogP contribution in [0.15, 0.2) is 46.9 Å². The molecular weight excluding hydrogens is 320 g/mol. The summed E-state index contributed by atoms with van der Waals surface area (Å²) in [4.78, 5) is 12.7. The number of hydrogen-bond donors (Lipinski definition) is 1.